The van der Waals surface area contributed by atoms with Crippen molar-refractivity contribution < 1.29 is 13.2 Å². The third kappa shape index (κ3) is 5.57. The summed E-state index contributed by atoms with van der Waals surface area (Å²) in [7, 11) is -1.32. The van der Waals surface area contributed by atoms with Crippen molar-refractivity contribution in [2.75, 3.05) is 26.0 Å². The molecule has 0 saturated carbocycles. The molecule has 0 aliphatic carbocycles. The number of methoxy groups -OCH3 is 1. The fraction of sp³-hybridized carbons (Fsp3) is 1.00. The largest absolute Gasteiger partial charge is 0.385 e. The van der Waals surface area contributed by atoms with Crippen molar-refractivity contribution in [3.05, 3.63) is 0 Å². The molecule has 2 N–H and O–H groups in total. The molecule has 0 aliphatic heterocycles. The van der Waals surface area contributed by atoms with Gasteiger partial charge in [-0.1, -0.05) is 0 Å². The molecule has 5 heteroatoms. The molecule has 0 heterocycles. The van der Waals surface area contributed by atoms with E-state index in [1.165, 1.54) is 0 Å². The van der Waals surface area contributed by atoms with Gasteiger partial charge in [0, 0.05) is 13.7 Å². The molecular formula is C9H21NO3S. The Kier molecular flexibility index (Phi) is 7.13. The first-order chi connectivity index (χ1) is 6.54. The summed E-state index contributed by atoms with van der Waals surface area (Å²) >= 11 is 0. The van der Waals surface area contributed by atoms with E-state index in [-0.39, 0.29) is 11.0 Å². The number of nitrogens with two attached hydrogens (primary N) is 1. The van der Waals surface area contributed by atoms with Gasteiger partial charge >= 0.3 is 0 Å². The Morgan fingerprint density at radius 1 is 1.36 bits per heavy atom. The lowest BCUT2D eigenvalue weighted by Crippen LogP contribution is -2.24. The smallest absolute Gasteiger partial charge is 0.152 e. The van der Waals surface area contributed by atoms with Crippen LogP contribution in [0.3, 0.4) is 0 Å². The van der Waals surface area contributed by atoms with Gasteiger partial charge in [-0.25, -0.2) is 8.42 Å². The van der Waals surface area contributed by atoms with Crippen LogP contribution in [0.4, 0.5) is 0 Å². The van der Waals surface area contributed by atoms with Crippen LogP contribution in [0.15, 0.2) is 0 Å². The van der Waals surface area contributed by atoms with E-state index < -0.39 is 9.84 Å². The second-order valence-electron chi connectivity index (χ2n) is 3.45. The highest BCUT2D eigenvalue weighted by molar-refractivity contribution is 7.91. The van der Waals surface area contributed by atoms with Crippen molar-refractivity contribution >= 4 is 9.84 Å². The van der Waals surface area contributed by atoms with Crippen LogP contribution in [0.2, 0.25) is 0 Å². The average molecular weight is 223 g/mol. The van der Waals surface area contributed by atoms with Crippen molar-refractivity contribution in [2.45, 2.75) is 31.4 Å². The SMILES string of the molecule is COCCCCS(=O)(=O)C(C)CCN. The van der Waals surface area contributed by atoms with E-state index >= 15 is 0 Å². The summed E-state index contributed by atoms with van der Waals surface area (Å²) < 4.78 is 28.0. The molecule has 0 bridgehead atoms. The fourth-order valence-corrected chi connectivity index (χ4v) is 2.67. The first-order valence-electron chi connectivity index (χ1n) is 4.95. The molecule has 0 saturated heterocycles. The molecule has 86 valence electrons. The molecule has 1 unspecified atom stereocenters. The van der Waals surface area contributed by atoms with Crippen LogP contribution in [-0.2, 0) is 14.6 Å². The number of sulfone groups is 1. The zero-order valence-corrected chi connectivity index (χ0v) is 9.85. The molecule has 0 aliphatic rings. The van der Waals surface area contributed by atoms with Crippen molar-refractivity contribution in [1.82, 2.24) is 0 Å². The van der Waals surface area contributed by atoms with Crippen LogP contribution in [0.25, 0.3) is 0 Å². The fourth-order valence-electron chi connectivity index (χ4n) is 1.17. The third-order valence-electron chi connectivity index (χ3n) is 2.21. The Labute approximate surface area is 86.7 Å². The molecule has 14 heavy (non-hydrogen) atoms. The molecule has 0 aromatic carbocycles. The van der Waals surface area contributed by atoms with Gasteiger partial charge in [-0.15, -0.1) is 0 Å². The predicted molar refractivity (Wildman–Crippen MR) is 58.0 cm³/mol. The minimum atomic E-state index is -2.94. The normalized spacial score (nSPS) is 14.2. The van der Waals surface area contributed by atoms with E-state index in [1.54, 1.807) is 14.0 Å². The standard InChI is InChI=1S/C9H21NO3S/c1-9(5-6-10)14(11,12)8-4-3-7-13-2/h9H,3-8,10H2,1-2H3. The van der Waals surface area contributed by atoms with Gasteiger partial charge < -0.3 is 10.5 Å². The van der Waals surface area contributed by atoms with Gasteiger partial charge in [0.15, 0.2) is 9.84 Å². The van der Waals surface area contributed by atoms with Crippen molar-refractivity contribution in [3.8, 4) is 0 Å². The van der Waals surface area contributed by atoms with E-state index in [2.05, 4.69) is 0 Å². The van der Waals surface area contributed by atoms with E-state index in [4.69, 9.17) is 10.5 Å². The molecule has 4 nitrogen and oxygen atoms in total. The molecule has 0 aromatic heterocycles. The molecule has 0 rings (SSSR count). The lowest BCUT2D eigenvalue weighted by molar-refractivity contribution is 0.194. The minimum absolute atomic E-state index is 0.248. The average Bonchev–Trinajstić information content (AvgIpc) is 2.13. The third-order valence-corrected chi connectivity index (χ3v) is 4.53. The quantitative estimate of drug-likeness (QED) is 0.611. The lowest BCUT2D eigenvalue weighted by atomic mass is 10.3. The van der Waals surface area contributed by atoms with Gasteiger partial charge in [0.25, 0.3) is 0 Å². The minimum Gasteiger partial charge on any atom is -0.385 e. The van der Waals surface area contributed by atoms with Crippen molar-refractivity contribution in [3.63, 3.8) is 0 Å². The molecule has 0 radical (unpaired) electrons. The maximum absolute atomic E-state index is 11.6. The predicted octanol–water partition coefficient (Wildman–Crippen LogP) is 0.565. The summed E-state index contributed by atoms with van der Waals surface area (Å²) in [5.74, 6) is 0.248. The summed E-state index contributed by atoms with van der Waals surface area (Å²) in [5, 5.41) is -0.310. The Hall–Kier alpha value is -0.130. The van der Waals surface area contributed by atoms with E-state index in [9.17, 15) is 8.42 Å². The molecule has 0 amide bonds. The molecule has 1 atom stereocenters. The van der Waals surface area contributed by atoms with Gasteiger partial charge in [0.1, 0.15) is 0 Å². The van der Waals surface area contributed by atoms with E-state index in [0.717, 1.165) is 6.42 Å². The topological polar surface area (TPSA) is 69.4 Å². The summed E-state index contributed by atoms with van der Waals surface area (Å²) in [6, 6.07) is 0. The lowest BCUT2D eigenvalue weighted by Gasteiger charge is -2.11. The second kappa shape index (κ2) is 7.20. The van der Waals surface area contributed by atoms with E-state index in [1.807, 2.05) is 0 Å². The van der Waals surface area contributed by atoms with Gasteiger partial charge in [-0.3, -0.25) is 0 Å². The van der Waals surface area contributed by atoms with Gasteiger partial charge in [0.2, 0.25) is 0 Å². The number of ether oxygens (including phenoxy) is 1. The Bertz CT molecular complexity index is 226. The Morgan fingerprint density at radius 3 is 2.50 bits per heavy atom. The number of hydrogen-bond acceptors (Lipinski definition) is 4. The van der Waals surface area contributed by atoms with E-state index in [0.29, 0.717) is 26.0 Å². The zero-order chi connectivity index (χ0) is 11.0. The molecule has 0 aromatic rings. The highest BCUT2D eigenvalue weighted by atomic mass is 32.2. The maximum Gasteiger partial charge on any atom is 0.152 e. The first kappa shape index (κ1) is 13.9. The summed E-state index contributed by atoms with van der Waals surface area (Å²) in [4.78, 5) is 0. The highest BCUT2D eigenvalue weighted by Crippen LogP contribution is 2.08. The van der Waals surface area contributed by atoms with Crippen LogP contribution < -0.4 is 5.73 Å². The Morgan fingerprint density at radius 2 is 2.00 bits per heavy atom. The number of unbranched alkanes of at least 4 members (excludes halogenated alkanes) is 1. The monoisotopic (exact) mass is 223 g/mol. The molecule has 0 fully saturated rings. The summed E-state index contributed by atoms with van der Waals surface area (Å²) in [5.41, 5.74) is 5.32. The second-order valence-corrected chi connectivity index (χ2v) is 5.99. The highest BCUT2D eigenvalue weighted by Gasteiger charge is 2.18. The van der Waals surface area contributed by atoms with Crippen LogP contribution in [0.1, 0.15) is 26.2 Å². The summed E-state index contributed by atoms with van der Waals surface area (Å²) in [6.45, 7) is 2.78. The number of hydrogen-bond donors (Lipinski definition) is 1. The van der Waals surface area contributed by atoms with Gasteiger partial charge in [0.05, 0.1) is 11.0 Å². The van der Waals surface area contributed by atoms with Gasteiger partial charge in [-0.2, -0.15) is 0 Å². The van der Waals surface area contributed by atoms with Crippen molar-refractivity contribution in [2.24, 2.45) is 5.73 Å². The number of rotatable bonds is 8. The van der Waals surface area contributed by atoms with Crippen LogP contribution in [-0.4, -0.2) is 39.7 Å². The van der Waals surface area contributed by atoms with Gasteiger partial charge in [-0.05, 0) is 32.7 Å². The zero-order valence-electron chi connectivity index (χ0n) is 9.03. The first-order valence-corrected chi connectivity index (χ1v) is 6.66. The molecule has 0 spiro atoms. The van der Waals surface area contributed by atoms with Crippen molar-refractivity contribution in [1.29, 1.82) is 0 Å². The van der Waals surface area contributed by atoms with Crippen LogP contribution in [0, 0.1) is 0 Å². The molecular weight excluding hydrogens is 202 g/mol. The Balaban J connectivity index is 3.83. The summed E-state index contributed by atoms with van der Waals surface area (Å²) in [6.07, 6.45) is 2.02. The van der Waals surface area contributed by atoms with Crippen LogP contribution >= 0.6 is 0 Å². The maximum atomic E-state index is 11.6. The van der Waals surface area contributed by atoms with Crippen LogP contribution in [0.5, 0.6) is 0 Å².